The molecule has 6 nitrogen and oxygen atoms in total. The summed E-state index contributed by atoms with van der Waals surface area (Å²) in [5.74, 6) is 1.12. The molecule has 0 saturated carbocycles. The summed E-state index contributed by atoms with van der Waals surface area (Å²) in [5.41, 5.74) is 1.29. The third kappa shape index (κ3) is 3.47. The van der Waals surface area contributed by atoms with Crippen molar-refractivity contribution in [2.75, 3.05) is 5.32 Å². The Morgan fingerprint density at radius 1 is 1.50 bits per heavy atom. The molecule has 0 saturated heterocycles. The van der Waals surface area contributed by atoms with Crippen LogP contribution in [0.3, 0.4) is 0 Å². The van der Waals surface area contributed by atoms with Crippen molar-refractivity contribution in [3.63, 3.8) is 0 Å². The first-order valence-electron chi connectivity index (χ1n) is 6.39. The second kappa shape index (κ2) is 6.21. The molecule has 1 N–H and O–H groups in total. The van der Waals surface area contributed by atoms with Crippen molar-refractivity contribution in [3.8, 4) is 0 Å². The first kappa shape index (κ1) is 14.8. The van der Waals surface area contributed by atoms with Crippen LogP contribution in [0.2, 0.25) is 0 Å². The van der Waals surface area contributed by atoms with Crippen molar-refractivity contribution in [2.45, 2.75) is 33.9 Å². The maximum atomic E-state index is 12.1. The Labute approximate surface area is 125 Å². The molecule has 0 amide bonds. The molecule has 0 aliphatic carbocycles. The Bertz CT molecular complexity index is 648. The molecular formula is C13H17BrN4O2. The van der Waals surface area contributed by atoms with Crippen molar-refractivity contribution in [3.05, 3.63) is 38.5 Å². The van der Waals surface area contributed by atoms with Gasteiger partial charge in [-0.05, 0) is 28.8 Å². The number of aryl methyl sites for hydroxylation is 1. The largest absolute Gasteiger partial charge is 0.377 e. The summed E-state index contributed by atoms with van der Waals surface area (Å²) in [6, 6.07) is 1.84. The Balaban J connectivity index is 2.13. The normalized spacial score (nSPS) is 11.1. The molecule has 0 atom stereocenters. The van der Waals surface area contributed by atoms with E-state index < -0.39 is 0 Å². The zero-order chi connectivity index (χ0) is 14.7. The summed E-state index contributed by atoms with van der Waals surface area (Å²) >= 11 is 3.32. The third-order valence-corrected chi connectivity index (χ3v) is 3.43. The SMILES string of the molecule is Cc1cc(CNc2cnn(CC(C)C)c(=O)c2Br)no1. The van der Waals surface area contributed by atoms with Gasteiger partial charge in [-0.2, -0.15) is 5.10 Å². The van der Waals surface area contributed by atoms with Crippen LogP contribution in [0.1, 0.15) is 25.3 Å². The highest BCUT2D eigenvalue weighted by atomic mass is 79.9. The average Bonchev–Trinajstić information content (AvgIpc) is 2.79. The highest BCUT2D eigenvalue weighted by Gasteiger charge is 2.10. The van der Waals surface area contributed by atoms with Crippen LogP contribution >= 0.6 is 15.9 Å². The minimum atomic E-state index is -0.139. The van der Waals surface area contributed by atoms with E-state index in [1.54, 1.807) is 6.20 Å². The first-order valence-corrected chi connectivity index (χ1v) is 7.18. The van der Waals surface area contributed by atoms with Gasteiger partial charge in [-0.25, -0.2) is 4.68 Å². The van der Waals surface area contributed by atoms with E-state index in [0.29, 0.717) is 29.2 Å². The molecule has 0 aliphatic rings. The lowest BCUT2D eigenvalue weighted by Gasteiger charge is -2.11. The smallest absolute Gasteiger partial charge is 0.283 e. The van der Waals surface area contributed by atoms with Gasteiger partial charge in [0.15, 0.2) is 0 Å². The second-order valence-electron chi connectivity index (χ2n) is 5.04. The van der Waals surface area contributed by atoms with Gasteiger partial charge in [-0.15, -0.1) is 0 Å². The molecule has 0 bridgehead atoms. The monoisotopic (exact) mass is 340 g/mol. The number of hydrogen-bond donors (Lipinski definition) is 1. The van der Waals surface area contributed by atoms with Crippen molar-refractivity contribution < 1.29 is 4.52 Å². The quantitative estimate of drug-likeness (QED) is 0.905. The van der Waals surface area contributed by atoms with E-state index in [-0.39, 0.29) is 5.56 Å². The van der Waals surface area contributed by atoms with Crippen molar-refractivity contribution in [1.82, 2.24) is 14.9 Å². The number of nitrogens with one attached hydrogen (secondary N) is 1. The molecule has 0 fully saturated rings. The number of aromatic nitrogens is 3. The maximum Gasteiger partial charge on any atom is 0.283 e. The number of rotatable bonds is 5. The van der Waals surface area contributed by atoms with Gasteiger partial charge in [0.25, 0.3) is 5.56 Å². The van der Waals surface area contributed by atoms with Gasteiger partial charge >= 0.3 is 0 Å². The zero-order valence-corrected chi connectivity index (χ0v) is 13.3. The highest BCUT2D eigenvalue weighted by molar-refractivity contribution is 9.10. The highest BCUT2D eigenvalue weighted by Crippen LogP contribution is 2.17. The second-order valence-corrected chi connectivity index (χ2v) is 5.83. The average molecular weight is 341 g/mol. The minimum absolute atomic E-state index is 0.139. The number of anilines is 1. The Morgan fingerprint density at radius 3 is 2.85 bits per heavy atom. The molecule has 7 heteroatoms. The Morgan fingerprint density at radius 2 is 2.25 bits per heavy atom. The van der Waals surface area contributed by atoms with Gasteiger partial charge in [0.05, 0.1) is 18.4 Å². The summed E-state index contributed by atoms with van der Waals surface area (Å²) < 4.78 is 6.93. The molecule has 0 aromatic carbocycles. The molecule has 0 unspecified atom stereocenters. The van der Waals surface area contributed by atoms with Crippen LogP contribution < -0.4 is 10.9 Å². The van der Waals surface area contributed by atoms with E-state index >= 15 is 0 Å². The number of hydrogen-bond acceptors (Lipinski definition) is 5. The van der Waals surface area contributed by atoms with Gasteiger partial charge in [-0.3, -0.25) is 4.79 Å². The van der Waals surface area contributed by atoms with Crippen LogP contribution in [-0.2, 0) is 13.1 Å². The molecule has 20 heavy (non-hydrogen) atoms. The third-order valence-electron chi connectivity index (χ3n) is 2.66. The van der Waals surface area contributed by atoms with E-state index in [4.69, 9.17) is 4.52 Å². The summed E-state index contributed by atoms with van der Waals surface area (Å²) in [6.45, 7) is 6.99. The van der Waals surface area contributed by atoms with Crippen LogP contribution in [0.25, 0.3) is 0 Å². The lowest BCUT2D eigenvalue weighted by Crippen LogP contribution is -2.26. The maximum absolute atomic E-state index is 12.1. The summed E-state index contributed by atoms with van der Waals surface area (Å²) in [7, 11) is 0. The summed E-state index contributed by atoms with van der Waals surface area (Å²) in [6.07, 6.45) is 1.64. The van der Waals surface area contributed by atoms with Crippen LogP contribution in [0.5, 0.6) is 0 Å². The van der Waals surface area contributed by atoms with Crippen LogP contribution in [0.15, 0.2) is 26.1 Å². The molecular weight excluding hydrogens is 324 g/mol. The number of halogens is 1. The number of nitrogens with zero attached hydrogens (tertiary/aromatic N) is 3. The lowest BCUT2D eigenvalue weighted by atomic mass is 10.2. The molecule has 0 aliphatic heterocycles. The predicted molar refractivity (Wildman–Crippen MR) is 79.6 cm³/mol. The van der Waals surface area contributed by atoms with Crippen molar-refractivity contribution in [2.24, 2.45) is 5.92 Å². The zero-order valence-electron chi connectivity index (χ0n) is 11.7. The van der Waals surface area contributed by atoms with E-state index in [1.165, 1.54) is 4.68 Å². The molecule has 0 radical (unpaired) electrons. The van der Waals surface area contributed by atoms with Gasteiger partial charge in [0.2, 0.25) is 0 Å². The van der Waals surface area contributed by atoms with Crippen LogP contribution in [0, 0.1) is 12.8 Å². The lowest BCUT2D eigenvalue weighted by molar-refractivity contribution is 0.391. The molecule has 2 heterocycles. The van der Waals surface area contributed by atoms with E-state index in [9.17, 15) is 4.79 Å². The molecule has 2 aromatic rings. The van der Waals surface area contributed by atoms with Crippen LogP contribution in [-0.4, -0.2) is 14.9 Å². The molecule has 108 valence electrons. The molecule has 2 rings (SSSR count). The summed E-state index contributed by atoms with van der Waals surface area (Å²) in [4.78, 5) is 12.1. The molecule has 0 spiro atoms. The summed E-state index contributed by atoms with van der Waals surface area (Å²) in [5, 5.41) is 11.2. The molecule has 2 aromatic heterocycles. The van der Waals surface area contributed by atoms with Crippen molar-refractivity contribution >= 4 is 21.6 Å². The Kier molecular flexibility index (Phi) is 4.59. The predicted octanol–water partition coefficient (Wildman–Crippen LogP) is 2.57. The van der Waals surface area contributed by atoms with Crippen LogP contribution in [0.4, 0.5) is 5.69 Å². The van der Waals surface area contributed by atoms with Gasteiger partial charge < -0.3 is 9.84 Å². The van der Waals surface area contributed by atoms with E-state index in [1.807, 2.05) is 26.8 Å². The standard InChI is InChI=1S/C13H17BrN4O2/c1-8(2)7-18-13(19)12(14)11(6-16-18)15-5-10-4-9(3)20-17-10/h4,6,8,15H,5,7H2,1-3H3. The van der Waals surface area contributed by atoms with E-state index in [2.05, 4.69) is 31.5 Å². The first-order chi connectivity index (χ1) is 9.47. The van der Waals surface area contributed by atoms with E-state index in [0.717, 1.165) is 11.5 Å². The fraction of sp³-hybridized carbons (Fsp3) is 0.462. The van der Waals surface area contributed by atoms with Gasteiger partial charge in [-0.1, -0.05) is 19.0 Å². The van der Waals surface area contributed by atoms with Gasteiger partial charge in [0.1, 0.15) is 15.9 Å². The van der Waals surface area contributed by atoms with Gasteiger partial charge in [0, 0.05) is 12.6 Å². The fourth-order valence-corrected chi connectivity index (χ4v) is 2.20. The fourth-order valence-electron chi connectivity index (χ4n) is 1.75. The Hall–Kier alpha value is -1.63. The topological polar surface area (TPSA) is 73.0 Å². The minimum Gasteiger partial charge on any atom is -0.377 e. The van der Waals surface area contributed by atoms with Crippen molar-refractivity contribution in [1.29, 1.82) is 0 Å².